The van der Waals surface area contributed by atoms with Gasteiger partial charge in [-0.2, -0.15) is 9.29 Å². The average molecular weight is 422 g/mol. The Morgan fingerprint density at radius 3 is 2.86 bits per heavy atom. The molecule has 1 aliphatic heterocycles. The van der Waals surface area contributed by atoms with Crippen LogP contribution in [-0.4, -0.2) is 46.5 Å². The molecule has 1 saturated heterocycles. The van der Waals surface area contributed by atoms with Gasteiger partial charge in [-0.1, -0.05) is 11.2 Å². The molecule has 0 radical (unpaired) electrons. The molecule has 0 bridgehead atoms. The second-order valence-corrected chi connectivity index (χ2v) is 9.24. The molecular weight excluding hydrogens is 404 g/mol. The standard InChI is InChI=1S/C17H18N4O5S2/c1-20-10-12(28(23,24)21-6-2-3-7-21)9-13(20)17(22)25-11-15-18-16(26-19-15)14-5-4-8-27-14/h4-5,8-10H,2-3,6-7,11H2,1H3. The van der Waals surface area contributed by atoms with Gasteiger partial charge in [0, 0.05) is 26.3 Å². The van der Waals surface area contributed by atoms with Gasteiger partial charge in [0.05, 0.1) is 4.88 Å². The summed E-state index contributed by atoms with van der Waals surface area (Å²) in [5.41, 5.74) is 0.139. The van der Waals surface area contributed by atoms with Crippen molar-refractivity contribution in [2.75, 3.05) is 13.1 Å². The fourth-order valence-electron chi connectivity index (χ4n) is 2.97. The van der Waals surface area contributed by atoms with Crippen LogP contribution in [0.5, 0.6) is 0 Å². The van der Waals surface area contributed by atoms with E-state index in [9.17, 15) is 13.2 Å². The summed E-state index contributed by atoms with van der Waals surface area (Å²) in [6.07, 6.45) is 3.12. The van der Waals surface area contributed by atoms with Gasteiger partial charge in [0.25, 0.3) is 5.89 Å². The summed E-state index contributed by atoms with van der Waals surface area (Å²) in [5.74, 6) is -0.0670. The lowest BCUT2D eigenvalue weighted by atomic mass is 10.4. The van der Waals surface area contributed by atoms with Crippen molar-refractivity contribution >= 4 is 27.3 Å². The van der Waals surface area contributed by atoms with Gasteiger partial charge in [0.1, 0.15) is 10.6 Å². The second kappa shape index (κ2) is 7.49. The molecule has 0 spiro atoms. The van der Waals surface area contributed by atoms with Gasteiger partial charge in [-0.25, -0.2) is 13.2 Å². The maximum absolute atomic E-state index is 12.6. The summed E-state index contributed by atoms with van der Waals surface area (Å²) < 4.78 is 38.5. The van der Waals surface area contributed by atoms with E-state index in [1.54, 1.807) is 7.05 Å². The zero-order valence-electron chi connectivity index (χ0n) is 15.1. The van der Waals surface area contributed by atoms with Crippen LogP contribution >= 0.6 is 11.3 Å². The molecule has 1 fully saturated rings. The van der Waals surface area contributed by atoms with E-state index in [0.717, 1.165) is 17.7 Å². The fourth-order valence-corrected chi connectivity index (χ4v) is 5.21. The van der Waals surface area contributed by atoms with Crippen LogP contribution in [0.3, 0.4) is 0 Å². The highest BCUT2D eigenvalue weighted by Gasteiger charge is 2.29. The number of ether oxygens (including phenoxy) is 1. The smallest absolute Gasteiger partial charge is 0.355 e. The fraction of sp³-hybridized carbons (Fsp3) is 0.353. The number of hydrogen-bond acceptors (Lipinski definition) is 8. The molecular formula is C17H18N4O5S2. The highest BCUT2D eigenvalue weighted by molar-refractivity contribution is 7.89. The minimum atomic E-state index is -3.60. The summed E-state index contributed by atoms with van der Waals surface area (Å²) in [4.78, 5) is 17.5. The Balaban J connectivity index is 1.45. The molecule has 0 atom stereocenters. The zero-order valence-corrected chi connectivity index (χ0v) is 16.7. The molecule has 0 aliphatic carbocycles. The van der Waals surface area contributed by atoms with Crippen molar-refractivity contribution in [3.63, 3.8) is 0 Å². The predicted molar refractivity (Wildman–Crippen MR) is 100 cm³/mol. The van der Waals surface area contributed by atoms with Crippen LogP contribution in [-0.2, 0) is 28.4 Å². The van der Waals surface area contributed by atoms with Gasteiger partial charge in [-0.3, -0.25) is 0 Å². The van der Waals surface area contributed by atoms with Crippen molar-refractivity contribution in [1.82, 2.24) is 19.0 Å². The second-order valence-electron chi connectivity index (χ2n) is 6.35. The summed E-state index contributed by atoms with van der Waals surface area (Å²) in [6.45, 7) is 0.829. The van der Waals surface area contributed by atoms with Crippen LogP contribution < -0.4 is 0 Å². The summed E-state index contributed by atoms with van der Waals surface area (Å²) in [5, 5.41) is 5.68. The number of carbonyl (C=O) groups excluding carboxylic acids is 1. The maximum Gasteiger partial charge on any atom is 0.355 e. The van der Waals surface area contributed by atoms with Gasteiger partial charge < -0.3 is 13.8 Å². The minimum Gasteiger partial charge on any atom is -0.453 e. The van der Waals surface area contributed by atoms with Gasteiger partial charge >= 0.3 is 5.97 Å². The molecule has 0 amide bonds. The minimum absolute atomic E-state index is 0.0865. The Morgan fingerprint density at radius 1 is 1.36 bits per heavy atom. The average Bonchev–Trinajstić information content (AvgIpc) is 3.46. The molecule has 1 aliphatic rings. The van der Waals surface area contributed by atoms with E-state index in [4.69, 9.17) is 9.26 Å². The molecule has 28 heavy (non-hydrogen) atoms. The van der Waals surface area contributed by atoms with E-state index in [1.165, 1.54) is 32.5 Å². The van der Waals surface area contributed by atoms with E-state index in [-0.39, 0.29) is 23.0 Å². The first-order chi connectivity index (χ1) is 13.4. The van der Waals surface area contributed by atoms with Crippen LogP contribution in [0.25, 0.3) is 10.8 Å². The third-order valence-electron chi connectivity index (χ3n) is 4.42. The molecule has 11 heteroatoms. The molecule has 4 heterocycles. The Labute approximate surface area is 165 Å². The molecule has 0 N–H and O–H groups in total. The molecule has 0 aromatic carbocycles. The van der Waals surface area contributed by atoms with Crippen molar-refractivity contribution in [3.05, 3.63) is 41.3 Å². The normalized spacial score (nSPS) is 15.2. The summed E-state index contributed by atoms with van der Waals surface area (Å²) in [7, 11) is -2.00. The van der Waals surface area contributed by atoms with Crippen LogP contribution in [0.1, 0.15) is 29.2 Å². The van der Waals surface area contributed by atoms with Gasteiger partial charge in [-0.15, -0.1) is 11.3 Å². The predicted octanol–water partition coefficient (Wildman–Crippen LogP) is 2.28. The topological polar surface area (TPSA) is 108 Å². The SMILES string of the molecule is Cn1cc(S(=O)(=O)N2CCCC2)cc1C(=O)OCc1noc(-c2cccs2)n1. The van der Waals surface area contributed by atoms with Crippen molar-refractivity contribution in [2.45, 2.75) is 24.3 Å². The highest BCUT2D eigenvalue weighted by atomic mass is 32.2. The van der Waals surface area contributed by atoms with Gasteiger partial charge in [-0.05, 0) is 30.4 Å². The first kappa shape index (κ1) is 18.8. The summed E-state index contributed by atoms with van der Waals surface area (Å²) in [6, 6.07) is 5.05. The number of hydrogen-bond donors (Lipinski definition) is 0. The zero-order chi connectivity index (χ0) is 19.7. The molecule has 148 valence electrons. The molecule has 9 nitrogen and oxygen atoms in total. The van der Waals surface area contributed by atoms with Crippen LogP contribution in [0.2, 0.25) is 0 Å². The lowest BCUT2D eigenvalue weighted by Crippen LogP contribution is -2.27. The molecule has 3 aromatic heterocycles. The number of carbonyl (C=O) groups is 1. The lowest BCUT2D eigenvalue weighted by molar-refractivity contribution is 0.0448. The number of aryl methyl sites for hydroxylation is 1. The Kier molecular flexibility index (Phi) is 5.04. The summed E-state index contributed by atoms with van der Waals surface area (Å²) >= 11 is 1.46. The van der Waals surface area contributed by atoms with E-state index >= 15 is 0 Å². The number of esters is 1. The number of thiophene rings is 1. The number of nitrogens with zero attached hydrogens (tertiary/aromatic N) is 4. The molecule has 3 aromatic rings. The maximum atomic E-state index is 12.6. The Hall–Kier alpha value is -2.50. The van der Waals surface area contributed by atoms with E-state index < -0.39 is 16.0 Å². The van der Waals surface area contributed by atoms with Gasteiger partial charge in [0.2, 0.25) is 15.8 Å². The molecule has 0 unspecified atom stereocenters. The van der Waals surface area contributed by atoms with Crippen molar-refractivity contribution in [3.8, 4) is 10.8 Å². The van der Waals surface area contributed by atoms with Crippen LogP contribution in [0.4, 0.5) is 0 Å². The van der Waals surface area contributed by atoms with E-state index in [0.29, 0.717) is 19.0 Å². The van der Waals surface area contributed by atoms with Gasteiger partial charge in [0.15, 0.2) is 6.61 Å². The Bertz CT molecular complexity index is 1080. The number of rotatable bonds is 6. The number of aromatic nitrogens is 3. The van der Waals surface area contributed by atoms with Crippen molar-refractivity contribution in [1.29, 1.82) is 0 Å². The lowest BCUT2D eigenvalue weighted by Gasteiger charge is -2.13. The van der Waals surface area contributed by atoms with Crippen LogP contribution in [0, 0.1) is 0 Å². The van der Waals surface area contributed by atoms with Crippen LogP contribution in [0.15, 0.2) is 39.2 Å². The monoisotopic (exact) mass is 422 g/mol. The Morgan fingerprint density at radius 2 is 2.14 bits per heavy atom. The largest absolute Gasteiger partial charge is 0.453 e. The molecule has 4 rings (SSSR count). The third-order valence-corrected chi connectivity index (χ3v) is 7.15. The van der Waals surface area contributed by atoms with Crippen molar-refractivity contribution in [2.24, 2.45) is 7.05 Å². The van der Waals surface area contributed by atoms with Crippen molar-refractivity contribution < 1.29 is 22.5 Å². The van der Waals surface area contributed by atoms with E-state index in [2.05, 4.69) is 10.1 Å². The quantitative estimate of drug-likeness (QED) is 0.561. The first-order valence-corrected chi connectivity index (χ1v) is 11.0. The highest BCUT2D eigenvalue weighted by Crippen LogP contribution is 2.24. The van der Waals surface area contributed by atoms with E-state index in [1.807, 2.05) is 17.5 Å². The number of sulfonamides is 1. The third kappa shape index (κ3) is 3.60. The molecule has 0 saturated carbocycles. The first-order valence-electron chi connectivity index (χ1n) is 8.65.